The van der Waals surface area contributed by atoms with E-state index >= 15 is 0 Å². The van der Waals surface area contributed by atoms with E-state index in [1.807, 2.05) is 6.92 Å². The molecule has 3 rings (SSSR count). The minimum atomic E-state index is -1.34. The zero-order chi connectivity index (χ0) is 20.4. The third-order valence-corrected chi connectivity index (χ3v) is 5.19. The fourth-order valence-corrected chi connectivity index (χ4v) is 3.49. The molecule has 28 heavy (non-hydrogen) atoms. The zero-order valence-electron chi connectivity index (χ0n) is 14.9. The number of halogens is 3. The molecule has 0 fully saturated rings. The van der Waals surface area contributed by atoms with Crippen molar-refractivity contribution < 1.29 is 14.3 Å². The van der Waals surface area contributed by atoms with Crippen molar-refractivity contribution in [2.24, 2.45) is 0 Å². The molecular weight excluding hydrogens is 404 g/mol. The molecule has 2 aromatic carbocycles. The van der Waals surface area contributed by atoms with Crippen LogP contribution < -0.4 is 5.43 Å². The second-order valence-corrected chi connectivity index (χ2v) is 6.98. The van der Waals surface area contributed by atoms with Gasteiger partial charge in [0.05, 0.1) is 15.7 Å². The van der Waals surface area contributed by atoms with Crippen molar-refractivity contribution in [3.63, 3.8) is 0 Å². The molecule has 144 valence electrons. The quantitative estimate of drug-likeness (QED) is 0.612. The van der Waals surface area contributed by atoms with E-state index in [0.717, 1.165) is 0 Å². The van der Waals surface area contributed by atoms with Crippen LogP contribution in [0.3, 0.4) is 0 Å². The molecule has 1 aromatic heterocycles. The second kappa shape index (κ2) is 8.17. The molecule has 0 unspecified atom stereocenters. The molecule has 0 aliphatic heterocycles. The van der Waals surface area contributed by atoms with Crippen LogP contribution in [-0.4, -0.2) is 15.6 Å². The van der Waals surface area contributed by atoms with Crippen LogP contribution in [0.2, 0.25) is 10.0 Å². The minimum absolute atomic E-state index is 0.143. The number of pyridine rings is 1. The van der Waals surface area contributed by atoms with Gasteiger partial charge in [-0.1, -0.05) is 47.5 Å². The topological polar surface area (TPSA) is 59.3 Å². The van der Waals surface area contributed by atoms with Gasteiger partial charge in [-0.05, 0) is 30.7 Å². The molecule has 1 N–H and O–H groups in total. The molecular formula is C21H16Cl2FNO3. The van der Waals surface area contributed by atoms with Gasteiger partial charge in [-0.15, -0.1) is 0 Å². The van der Waals surface area contributed by atoms with E-state index in [0.29, 0.717) is 28.4 Å². The number of hydrogen-bond acceptors (Lipinski definition) is 2. The van der Waals surface area contributed by atoms with Gasteiger partial charge in [0.15, 0.2) is 5.43 Å². The van der Waals surface area contributed by atoms with Gasteiger partial charge in [-0.25, -0.2) is 9.18 Å². The van der Waals surface area contributed by atoms with Crippen LogP contribution in [0.1, 0.15) is 28.5 Å². The summed E-state index contributed by atoms with van der Waals surface area (Å²) in [5, 5.41) is 10.2. The van der Waals surface area contributed by atoms with E-state index in [4.69, 9.17) is 23.2 Å². The van der Waals surface area contributed by atoms with Crippen molar-refractivity contribution in [2.45, 2.75) is 19.9 Å². The van der Waals surface area contributed by atoms with Crippen LogP contribution in [0, 0.1) is 5.82 Å². The van der Waals surface area contributed by atoms with Crippen LogP contribution >= 0.6 is 23.2 Å². The van der Waals surface area contributed by atoms with Crippen molar-refractivity contribution in [2.75, 3.05) is 0 Å². The van der Waals surface area contributed by atoms with Gasteiger partial charge in [0.1, 0.15) is 11.4 Å². The Morgan fingerprint density at radius 3 is 2.43 bits per heavy atom. The van der Waals surface area contributed by atoms with E-state index < -0.39 is 17.2 Å². The molecule has 0 bridgehead atoms. The molecule has 3 aromatic rings. The standard InChI is InChI=1S/C21H16Cl2FNO3/c1-2-25-14(9-12-5-3-4-6-17(12)24)11-18(26)19(21(27)28)20(25)13-7-8-15(22)16(23)10-13/h3-8,10-11H,2,9H2,1H3,(H,27,28). The van der Waals surface area contributed by atoms with E-state index in [-0.39, 0.29) is 22.7 Å². The van der Waals surface area contributed by atoms with Crippen LogP contribution in [0.4, 0.5) is 4.39 Å². The Bertz CT molecular complexity index is 1130. The number of hydrogen-bond donors (Lipinski definition) is 1. The lowest BCUT2D eigenvalue weighted by molar-refractivity contribution is 0.0695. The summed E-state index contributed by atoms with van der Waals surface area (Å²) in [6.07, 6.45) is 0.143. The number of carbonyl (C=O) groups is 1. The number of nitrogens with zero attached hydrogens (tertiary/aromatic N) is 1. The average Bonchev–Trinajstić information content (AvgIpc) is 2.65. The molecule has 0 spiro atoms. The van der Waals surface area contributed by atoms with Crippen LogP contribution in [0.5, 0.6) is 0 Å². The Hall–Kier alpha value is -2.63. The molecule has 7 heteroatoms. The van der Waals surface area contributed by atoms with Gasteiger partial charge in [-0.3, -0.25) is 4.79 Å². The molecule has 1 heterocycles. The van der Waals surface area contributed by atoms with Crippen molar-refractivity contribution in [3.8, 4) is 11.3 Å². The first-order valence-electron chi connectivity index (χ1n) is 8.52. The monoisotopic (exact) mass is 419 g/mol. The third kappa shape index (κ3) is 3.81. The second-order valence-electron chi connectivity index (χ2n) is 6.17. The third-order valence-electron chi connectivity index (χ3n) is 4.45. The Balaban J connectivity index is 2.30. The molecule has 0 atom stereocenters. The molecule has 0 amide bonds. The molecule has 4 nitrogen and oxygen atoms in total. The molecule has 0 aliphatic carbocycles. The largest absolute Gasteiger partial charge is 0.477 e. The number of aromatic nitrogens is 1. The van der Waals surface area contributed by atoms with Gasteiger partial charge in [0.2, 0.25) is 0 Å². The van der Waals surface area contributed by atoms with Crippen LogP contribution in [-0.2, 0) is 13.0 Å². The zero-order valence-corrected chi connectivity index (χ0v) is 16.4. The van der Waals surface area contributed by atoms with Gasteiger partial charge >= 0.3 is 5.97 Å². The predicted octanol–water partition coefficient (Wildman–Crippen LogP) is 5.27. The fourth-order valence-electron chi connectivity index (χ4n) is 3.19. The number of rotatable bonds is 5. The maximum atomic E-state index is 14.1. The Kier molecular flexibility index (Phi) is 5.87. The van der Waals surface area contributed by atoms with E-state index in [1.54, 1.807) is 34.9 Å². The van der Waals surface area contributed by atoms with E-state index in [2.05, 4.69) is 0 Å². The van der Waals surface area contributed by atoms with Crippen molar-refractivity contribution in [1.82, 2.24) is 4.57 Å². The first-order chi connectivity index (χ1) is 13.3. The lowest BCUT2D eigenvalue weighted by Gasteiger charge is -2.20. The van der Waals surface area contributed by atoms with Crippen molar-refractivity contribution >= 4 is 29.2 Å². The summed E-state index contributed by atoms with van der Waals surface area (Å²) in [5.74, 6) is -1.73. The van der Waals surface area contributed by atoms with Gasteiger partial charge in [0, 0.05) is 30.3 Å². The lowest BCUT2D eigenvalue weighted by atomic mass is 10.0. The predicted molar refractivity (Wildman–Crippen MR) is 108 cm³/mol. The van der Waals surface area contributed by atoms with E-state index in [1.165, 1.54) is 18.2 Å². The highest BCUT2D eigenvalue weighted by molar-refractivity contribution is 6.42. The first-order valence-corrected chi connectivity index (χ1v) is 9.28. The van der Waals surface area contributed by atoms with Crippen LogP contribution in [0.25, 0.3) is 11.3 Å². The average molecular weight is 420 g/mol. The van der Waals surface area contributed by atoms with Crippen molar-refractivity contribution in [1.29, 1.82) is 0 Å². The van der Waals surface area contributed by atoms with Gasteiger partial charge in [-0.2, -0.15) is 0 Å². The Labute approximate surface area is 170 Å². The molecule has 0 saturated heterocycles. The SMILES string of the molecule is CCn1c(Cc2ccccc2F)cc(=O)c(C(=O)O)c1-c1ccc(Cl)c(Cl)c1. The highest BCUT2D eigenvalue weighted by Gasteiger charge is 2.22. The summed E-state index contributed by atoms with van der Waals surface area (Å²) in [7, 11) is 0. The normalized spacial score (nSPS) is 10.9. The van der Waals surface area contributed by atoms with E-state index in [9.17, 15) is 19.1 Å². The maximum absolute atomic E-state index is 14.1. The van der Waals surface area contributed by atoms with Gasteiger partial charge < -0.3 is 9.67 Å². The maximum Gasteiger partial charge on any atom is 0.341 e. The molecule has 0 saturated carbocycles. The van der Waals surface area contributed by atoms with Crippen LogP contribution in [0.15, 0.2) is 53.3 Å². The first kappa shape index (κ1) is 20.1. The minimum Gasteiger partial charge on any atom is -0.477 e. The number of carboxylic acids is 1. The summed E-state index contributed by atoms with van der Waals surface area (Å²) in [6, 6.07) is 12.2. The number of aromatic carboxylic acids is 1. The number of benzene rings is 2. The Morgan fingerprint density at radius 1 is 1.11 bits per heavy atom. The summed E-state index contributed by atoms with van der Waals surface area (Å²) in [5.41, 5.74) is 0.562. The smallest absolute Gasteiger partial charge is 0.341 e. The summed E-state index contributed by atoms with van der Waals surface area (Å²) < 4.78 is 15.8. The summed E-state index contributed by atoms with van der Waals surface area (Å²) in [6.45, 7) is 2.20. The number of carboxylic acid groups (broad SMARTS) is 1. The Morgan fingerprint density at radius 2 is 1.82 bits per heavy atom. The fraction of sp³-hybridized carbons (Fsp3) is 0.143. The van der Waals surface area contributed by atoms with Gasteiger partial charge in [0.25, 0.3) is 0 Å². The molecule has 0 radical (unpaired) electrons. The van der Waals surface area contributed by atoms with Crippen molar-refractivity contribution in [3.05, 3.63) is 91.4 Å². The highest BCUT2D eigenvalue weighted by atomic mass is 35.5. The summed E-state index contributed by atoms with van der Waals surface area (Å²) in [4.78, 5) is 24.5. The molecule has 0 aliphatic rings. The lowest BCUT2D eigenvalue weighted by Crippen LogP contribution is -2.23. The summed E-state index contributed by atoms with van der Waals surface area (Å²) >= 11 is 12.1. The highest BCUT2D eigenvalue weighted by Crippen LogP contribution is 2.31.